The Morgan fingerprint density at radius 2 is 1.64 bits per heavy atom. The van der Waals surface area contributed by atoms with Crippen molar-refractivity contribution in [2.45, 2.75) is 32.2 Å². The molecule has 1 aliphatic heterocycles. The van der Waals surface area contributed by atoms with Crippen molar-refractivity contribution in [1.82, 2.24) is 0 Å². The van der Waals surface area contributed by atoms with Gasteiger partial charge in [0.2, 0.25) is 0 Å². The van der Waals surface area contributed by atoms with E-state index in [1.807, 2.05) is 12.1 Å². The standard InChI is InChI=1S/C22H25NO4S/c1-22(2,3)17-7-5-16(6-8-17)21(24)23(19-13-14-28(25,26)15-19)18-9-11-20(27-4)12-10-18/h5-14,19H,15H2,1-4H3. The number of rotatable bonds is 4. The number of methoxy groups -OCH3 is 1. The first-order valence-corrected chi connectivity index (χ1v) is 10.8. The van der Waals surface area contributed by atoms with Crippen molar-refractivity contribution in [3.05, 3.63) is 71.1 Å². The molecule has 1 unspecified atom stereocenters. The van der Waals surface area contributed by atoms with Crippen LogP contribution in [0.1, 0.15) is 36.7 Å². The van der Waals surface area contributed by atoms with E-state index in [1.54, 1.807) is 49.6 Å². The predicted octanol–water partition coefficient (Wildman–Crippen LogP) is 3.95. The lowest BCUT2D eigenvalue weighted by Gasteiger charge is -2.28. The van der Waals surface area contributed by atoms with Crippen LogP contribution in [0.5, 0.6) is 5.75 Å². The highest BCUT2D eigenvalue weighted by Gasteiger charge is 2.32. The summed E-state index contributed by atoms with van der Waals surface area (Å²) in [4.78, 5) is 14.9. The summed E-state index contributed by atoms with van der Waals surface area (Å²) in [6.07, 6.45) is 1.57. The van der Waals surface area contributed by atoms with Crippen LogP contribution >= 0.6 is 0 Å². The van der Waals surface area contributed by atoms with Gasteiger partial charge in [0, 0.05) is 16.7 Å². The summed E-state index contributed by atoms with van der Waals surface area (Å²) in [6.45, 7) is 6.34. The summed E-state index contributed by atoms with van der Waals surface area (Å²) >= 11 is 0. The van der Waals surface area contributed by atoms with Crippen LogP contribution in [0.3, 0.4) is 0 Å². The van der Waals surface area contributed by atoms with E-state index in [0.29, 0.717) is 17.0 Å². The third kappa shape index (κ3) is 4.28. The van der Waals surface area contributed by atoms with Gasteiger partial charge in [-0.1, -0.05) is 32.9 Å². The molecule has 2 aromatic carbocycles. The summed E-state index contributed by atoms with van der Waals surface area (Å²) in [5.74, 6) is 0.308. The van der Waals surface area contributed by atoms with Crippen LogP contribution < -0.4 is 9.64 Å². The molecular formula is C22H25NO4S. The summed E-state index contributed by atoms with van der Waals surface area (Å²) in [6, 6.07) is 14.0. The third-order valence-electron chi connectivity index (χ3n) is 4.81. The van der Waals surface area contributed by atoms with Crippen molar-refractivity contribution in [3.63, 3.8) is 0 Å². The maximum absolute atomic E-state index is 13.3. The number of hydrogen-bond donors (Lipinski definition) is 0. The zero-order chi connectivity index (χ0) is 20.5. The predicted molar refractivity (Wildman–Crippen MR) is 112 cm³/mol. The number of amides is 1. The smallest absolute Gasteiger partial charge is 0.258 e. The number of anilines is 1. The molecule has 28 heavy (non-hydrogen) atoms. The Labute approximate surface area is 166 Å². The molecule has 3 rings (SSSR count). The summed E-state index contributed by atoms with van der Waals surface area (Å²) in [5, 5.41) is 1.18. The minimum absolute atomic E-state index is 0.0144. The summed E-state index contributed by atoms with van der Waals surface area (Å²) in [7, 11) is -1.73. The van der Waals surface area contributed by atoms with Gasteiger partial charge in [-0.3, -0.25) is 4.79 Å². The molecular weight excluding hydrogens is 374 g/mol. The average molecular weight is 400 g/mol. The minimum atomic E-state index is -3.30. The Hall–Kier alpha value is -2.60. The second-order valence-electron chi connectivity index (χ2n) is 7.93. The second kappa shape index (κ2) is 7.43. The maximum Gasteiger partial charge on any atom is 0.258 e. The first-order valence-electron chi connectivity index (χ1n) is 9.10. The van der Waals surface area contributed by atoms with E-state index in [-0.39, 0.29) is 17.1 Å². The van der Waals surface area contributed by atoms with Crippen molar-refractivity contribution < 1.29 is 17.9 Å². The van der Waals surface area contributed by atoms with Crippen LogP contribution in [-0.4, -0.2) is 33.2 Å². The molecule has 0 aliphatic carbocycles. The van der Waals surface area contributed by atoms with E-state index < -0.39 is 15.9 Å². The van der Waals surface area contributed by atoms with Gasteiger partial charge in [-0.2, -0.15) is 0 Å². The van der Waals surface area contributed by atoms with Crippen molar-refractivity contribution in [2.75, 3.05) is 17.8 Å². The van der Waals surface area contributed by atoms with Gasteiger partial charge < -0.3 is 9.64 Å². The number of benzene rings is 2. The third-order valence-corrected chi connectivity index (χ3v) is 6.19. The fourth-order valence-corrected chi connectivity index (χ4v) is 4.44. The van der Waals surface area contributed by atoms with Crippen molar-refractivity contribution >= 4 is 21.4 Å². The molecule has 0 saturated heterocycles. The normalized spacial score (nSPS) is 18.1. The molecule has 1 amide bonds. The van der Waals surface area contributed by atoms with Gasteiger partial charge in [0.05, 0.1) is 18.9 Å². The van der Waals surface area contributed by atoms with E-state index in [2.05, 4.69) is 20.8 Å². The average Bonchev–Trinajstić information content (AvgIpc) is 3.01. The molecule has 148 valence electrons. The maximum atomic E-state index is 13.3. The van der Waals surface area contributed by atoms with Crippen LogP contribution in [-0.2, 0) is 15.3 Å². The van der Waals surface area contributed by atoms with Gasteiger partial charge in [-0.05, 0) is 53.5 Å². The van der Waals surface area contributed by atoms with Crippen molar-refractivity contribution in [2.24, 2.45) is 0 Å². The molecule has 0 saturated carbocycles. The Balaban J connectivity index is 1.98. The van der Waals surface area contributed by atoms with Crippen molar-refractivity contribution in [1.29, 1.82) is 0 Å². The van der Waals surface area contributed by atoms with Gasteiger partial charge in [0.1, 0.15) is 5.75 Å². The Bertz CT molecular complexity index is 984. The number of nitrogens with zero attached hydrogens (tertiary/aromatic N) is 1. The quantitative estimate of drug-likeness (QED) is 0.781. The zero-order valence-electron chi connectivity index (χ0n) is 16.5. The fraction of sp³-hybridized carbons (Fsp3) is 0.318. The topological polar surface area (TPSA) is 63.7 Å². The van der Waals surface area contributed by atoms with Crippen LogP contribution in [0.25, 0.3) is 0 Å². The van der Waals surface area contributed by atoms with E-state index in [1.165, 1.54) is 10.3 Å². The lowest BCUT2D eigenvalue weighted by atomic mass is 9.86. The number of hydrogen-bond acceptors (Lipinski definition) is 4. The molecule has 2 aromatic rings. The van der Waals surface area contributed by atoms with Crippen molar-refractivity contribution in [3.8, 4) is 5.75 Å². The van der Waals surface area contributed by atoms with E-state index >= 15 is 0 Å². The Kier molecular flexibility index (Phi) is 5.35. The molecule has 0 aromatic heterocycles. The molecule has 1 heterocycles. The van der Waals surface area contributed by atoms with Gasteiger partial charge in [-0.15, -0.1) is 0 Å². The molecule has 1 aliphatic rings. The first-order chi connectivity index (χ1) is 13.1. The molecule has 6 heteroatoms. The lowest BCUT2D eigenvalue weighted by molar-refractivity contribution is 0.0983. The van der Waals surface area contributed by atoms with Gasteiger partial charge in [0.25, 0.3) is 5.91 Å². The number of carbonyl (C=O) groups excluding carboxylic acids is 1. The first kappa shape index (κ1) is 20.1. The number of carbonyl (C=O) groups is 1. The fourth-order valence-electron chi connectivity index (χ4n) is 3.17. The van der Waals surface area contributed by atoms with Crippen LogP contribution in [0.4, 0.5) is 5.69 Å². The molecule has 0 fully saturated rings. The molecule has 1 atom stereocenters. The highest BCUT2D eigenvalue weighted by molar-refractivity contribution is 7.94. The van der Waals surface area contributed by atoms with Gasteiger partial charge >= 0.3 is 0 Å². The molecule has 5 nitrogen and oxygen atoms in total. The summed E-state index contributed by atoms with van der Waals surface area (Å²) < 4.78 is 29.1. The highest BCUT2D eigenvalue weighted by Crippen LogP contribution is 2.28. The van der Waals surface area contributed by atoms with Crippen LogP contribution in [0, 0.1) is 0 Å². The molecule has 0 spiro atoms. The molecule has 0 bridgehead atoms. The number of ether oxygens (including phenoxy) is 1. The molecule has 0 radical (unpaired) electrons. The van der Waals surface area contributed by atoms with Gasteiger partial charge in [0.15, 0.2) is 9.84 Å². The lowest BCUT2D eigenvalue weighted by Crippen LogP contribution is -2.41. The van der Waals surface area contributed by atoms with E-state index in [9.17, 15) is 13.2 Å². The van der Waals surface area contributed by atoms with E-state index in [0.717, 1.165) is 5.56 Å². The summed E-state index contributed by atoms with van der Waals surface area (Å²) in [5.41, 5.74) is 2.25. The minimum Gasteiger partial charge on any atom is -0.497 e. The van der Waals surface area contributed by atoms with Crippen LogP contribution in [0.15, 0.2) is 60.0 Å². The van der Waals surface area contributed by atoms with Gasteiger partial charge in [-0.25, -0.2) is 8.42 Å². The Morgan fingerprint density at radius 1 is 1.04 bits per heavy atom. The number of sulfone groups is 1. The van der Waals surface area contributed by atoms with Crippen LogP contribution in [0.2, 0.25) is 0 Å². The zero-order valence-corrected chi connectivity index (χ0v) is 17.4. The largest absolute Gasteiger partial charge is 0.497 e. The van der Waals surface area contributed by atoms with E-state index in [4.69, 9.17) is 4.74 Å². The monoisotopic (exact) mass is 399 g/mol. The highest BCUT2D eigenvalue weighted by atomic mass is 32.2. The molecule has 0 N–H and O–H groups in total. The SMILES string of the molecule is COc1ccc(N(C(=O)c2ccc(C(C)(C)C)cc2)C2C=CS(=O)(=O)C2)cc1. The Morgan fingerprint density at radius 3 is 2.11 bits per heavy atom. The second-order valence-corrected chi connectivity index (χ2v) is 9.86.